The summed E-state index contributed by atoms with van der Waals surface area (Å²) < 4.78 is 0. The highest BCUT2D eigenvalue weighted by Crippen LogP contribution is 2.26. The lowest BCUT2D eigenvalue weighted by molar-refractivity contribution is 0.143. The Labute approximate surface area is 166 Å². The van der Waals surface area contributed by atoms with Gasteiger partial charge in [0.25, 0.3) is 5.56 Å². The second kappa shape index (κ2) is 7.93. The lowest BCUT2D eigenvalue weighted by Gasteiger charge is -2.39. The van der Waals surface area contributed by atoms with Crippen LogP contribution in [0, 0.1) is 5.41 Å². The summed E-state index contributed by atoms with van der Waals surface area (Å²) in [5, 5.41) is 14.3. The highest BCUT2D eigenvalue weighted by Gasteiger charge is 2.35. The van der Waals surface area contributed by atoms with Crippen LogP contribution in [0.5, 0.6) is 0 Å². The van der Waals surface area contributed by atoms with Crippen LogP contribution in [0.25, 0.3) is 0 Å². The average molecular weight is 389 g/mol. The number of likely N-dealkylation sites (tertiary alicyclic amines) is 1. The van der Waals surface area contributed by atoms with Crippen molar-refractivity contribution >= 4 is 17.6 Å². The minimum absolute atomic E-state index is 0.00501. The van der Waals surface area contributed by atoms with Gasteiger partial charge in [0.05, 0.1) is 5.92 Å². The van der Waals surface area contributed by atoms with E-state index in [0.717, 1.165) is 12.8 Å². The van der Waals surface area contributed by atoms with Crippen molar-refractivity contribution in [3.05, 3.63) is 21.7 Å². The lowest BCUT2D eigenvalue weighted by atomic mass is 9.95. The zero-order valence-electron chi connectivity index (χ0n) is 17.3. The molecule has 1 aromatic rings. The van der Waals surface area contributed by atoms with Gasteiger partial charge in [-0.1, -0.05) is 19.3 Å². The van der Waals surface area contributed by atoms with E-state index in [0.29, 0.717) is 24.7 Å². The minimum atomic E-state index is -0.311. The molecule has 2 heterocycles. The molecule has 0 atom stereocenters. The summed E-state index contributed by atoms with van der Waals surface area (Å²) in [6, 6.07) is 0.265. The predicted octanol–water partition coefficient (Wildman–Crippen LogP) is 2.81. The number of rotatable bonds is 4. The Bertz CT molecular complexity index is 798. The molecule has 154 valence electrons. The van der Waals surface area contributed by atoms with Gasteiger partial charge >= 0.3 is 6.03 Å². The van der Waals surface area contributed by atoms with E-state index < -0.39 is 0 Å². The number of H-pyrrole nitrogens is 1. The Morgan fingerprint density at radius 1 is 1.21 bits per heavy atom. The maximum atomic E-state index is 12.5. The normalized spacial score (nSPS) is 18.5. The number of urea groups is 1. The Balaban J connectivity index is 1.68. The van der Waals surface area contributed by atoms with Crippen molar-refractivity contribution in [1.82, 2.24) is 20.2 Å². The molecule has 1 saturated heterocycles. The van der Waals surface area contributed by atoms with Crippen LogP contribution in [0.4, 0.5) is 10.6 Å². The summed E-state index contributed by atoms with van der Waals surface area (Å²) in [6.45, 7) is 8.62. The van der Waals surface area contributed by atoms with Crippen molar-refractivity contribution in [1.29, 1.82) is 5.41 Å². The molecule has 0 spiro atoms. The van der Waals surface area contributed by atoms with E-state index in [1.807, 2.05) is 20.8 Å². The van der Waals surface area contributed by atoms with Crippen molar-refractivity contribution in [2.24, 2.45) is 0 Å². The Hall–Kier alpha value is -2.38. The predicted molar refractivity (Wildman–Crippen MR) is 110 cm³/mol. The van der Waals surface area contributed by atoms with Crippen molar-refractivity contribution in [3.63, 3.8) is 0 Å². The minimum Gasteiger partial charge on any atom is -0.365 e. The number of nitrogens with zero attached hydrogens (tertiary/aromatic N) is 2. The van der Waals surface area contributed by atoms with Gasteiger partial charge in [0, 0.05) is 30.4 Å². The number of aromatic amines is 1. The molecule has 3 rings (SSSR count). The monoisotopic (exact) mass is 388 g/mol. The van der Waals surface area contributed by atoms with Gasteiger partial charge in [0.2, 0.25) is 0 Å². The molecule has 2 amide bonds. The van der Waals surface area contributed by atoms with Crippen LogP contribution in [-0.2, 0) is 0 Å². The molecule has 0 bridgehead atoms. The van der Waals surface area contributed by atoms with E-state index in [9.17, 15) is 9.59 Å². The molecule has 28 heavy (non-hydrogen) atoms. The molecule has 0 radical (unpaired) electrons. The molecular weight excluding hydrogens is 356 g/mol. The van der Waals surface area contributed by atoms with E-state index in [1.54, 1.807) is 11.8 Å². The van der Waals surface area contributed by atoms with Gasteiger partial charge in [0.1, 0.15) is 17.2 Å². The van der Waals surface area contributed by atoms with Crippen molar-refractivity contribution in [2.45, 2.75) is 77.3 Å². The number of carbonyl (C=O) groups is 1. The van der Waals surface area contributed by atoms with Gasteiger partial charge < -0.3 is 25.9 Å². The Morgan fingerprint density at radius 2 is 1.86 bits per heavy atom. The number of nitrogens with one attached hydrogen (secondary N) is 4. The van der Waals surface area contributed by atoms with Crippen LogP contribution >= 0.6 is 0 Å². The van der Waals surface area contributed by atoms with Gasteiger partial charge in [-0.05, 0) is 40.5 Å². The van der Waals surface area contributed by atoms with Gasteiger partial charge in [-0.2, -0.15) is 0 Å². The van der Waals surface area contributed by atoms with E-state index in [-0.39, 0.29) is 40.4 Å². The van der Waals surface area contributed by atoms with Crippen LogP contribution in [0.2, 0.25) is 0 Å². The van der Waals surface area contributed by atoms with Gasteiger partial charge in [-0.15, -0.1) is 0 Å². The van der Waals surface area contributed by atoms with Crippen LogP contribution in [0.15, 0.2) is 4.79 Å². The average Bonchev–Trinajstić information content (AvgIpc) is 2.52. The summed E-state index contributed by atoms with van der Waals surface area (Å²) in [5.74, 6) is 1.01. The second-order valence-electron chi connectivity index (χ2n) is 9.06. The third-order valence-electron chi connectivity index (χ3n) is 5.29. The van der Waals surface area contributed by atoms with Crippen LogP contribution < -0.4 is 16.2 Å². The van der Waals surface area contributed by atoms with Crippen LogP contribution in [-0.4, -0.2) is 51.3 Å². The highest BCUT2D eigenvalue weighted by molar-refractivity contribution is 6.00. The van der Waals surface area contributed by atoms with E-state index >= 15 is 0 Å². The van der Waals surface area contributed by atoms with Crippen LogP contribution in [0.1, 0.15) is 77.1 Å². The third-order valence-corrected chi connectivity index (χ3v) is 5.29. The van der Waals surface area contributed by atoms with Gasteiger partial charge in [-0.3, -0.25) is 4.79 Å². The maximum Gasteiger partial charge on any atom is 0.317 e. The summed E-state index contributed by atoms with van der Waals surface area (Å²) in [4.78, 5) is 34.2. The second-order valence-corrected chi connectivity index (χ2v) is 9.06. The summed E-state index contributed by atoms with van der Waals surface area (Å²) in [5.41, 5.74) is -0.151. The highest BCUT2D eigenvalue weighted by atomic mass is 16.2. The Kier molecular flexibility index (Phi) is 5.76. The van der Waals surface area contributed by atoms with E-state index in [1.165, 1.54) is 19.3 Å². The molecule has 8 heteroatoms. The fourth-order valence-corrected chi connectivity index (χ4v) is 3.81. The molecule has 1 saturated carbocycles. The summed E-state index contributed by atoms with van der Waals surface area (Å²) in [7, 11) is 0. The van der Waals surface area contributed by atoms with Gasteiger partial charge in [0.15, 0.2) is 0 Å². The van der Waals surface area contributed by atoms with E-state index in [2.05, 4.69) is 20.6 Å². The number of hydrogen-bond acceptors (Lipinski definition) is 5. The Morgan fingerprint density at radius 3 is 2.43 bits per heavy atom. The zero-order valence-corrected chi connectivity index (χ0v) is 17.3. The molecule has 4 N–H and O–H groups in total. The number of carbonyl (C=O) groups excluding carboxylic acids is 1. The maximum absolute atomic E-state index is 12.5. The summed E-state index contributed by atoms with van der Waals surface area (Å²) in [6.07, 6.45) is 5.74. The van der Waals surface area contributed by atoms with E-state index in [4.69, 9.17) is 5.41 Å². The quantitative estimate of drug-likeness (QED) is 0.594. The fraction of sp³-hybridized carbons (Fsp3) is 0.700. The standard InChI is InChI=1S/C20H32N6O2/c1-12(21)15-17(25-20(2,3)4)23-16(24-18(15)27)13-10-26(11-13)19(28)22-14-8-6-5-7-9-14/h13-14,21H,5-11H2,1-4H3,(H,22,28)(H2,23,24,25,27). The molecule has 0 aromatic carbocycles. The summed E-state index contributed by atoms with van der Waals surface area (Å²) >= 11 is 0. The van der Waals surface area contributed by atoms with Crippen molar-refractivity contribution < 1.29 is 4.79 Å². The van der Waals surface area contributed by atoms with Crippen molar-refractivity contribution in [3.8, 4) is 0 Å². The third kappa shape index (κ3) is 4.72. The first-order chi connectivity index (χ1) is 13.1. The lowest BCUT2D eigenvalue weighted by Crippen LogP contribution is -2.55. The first-order valence-corrected chi connectivity index (χ1v) is 10.2. The topological polar surface area (TPSA) is 114 Å². The largest absolute Gasteiger partial charge is 0.365 e. The smallest absolute Gasteiger partial charge is 0.317 e. The number of aromatic nitrogens is 2. The number of amides is 2. The molecule has 1 aromatic heterocycles. The number of hydrogen-bond donors (Lipinski definition) is 4. The number of anilines is 1. The fourth-order valence-electron chi connectivity index (χ4n) is 3.81. The SMILES string of the molecule is CC(=N)c1c(NC(C)(C)C)nc(C2CN(C(=O)NC3CCCCC3)C2)[nH]c1=O. The zero-order chi connectivity index (χ0) is 20.5. The molecule has 8 nitrogen and oxygen atoms in total. The van der Waals surface area contributed by atoms with Crippen molar-refractivity contribution in [2.75, 3.05) is 18.4 Å². The molecule has 0 unspecified atom stereocenters. The molecule has 2 aliphatic rings. The molecular formula is C20H32N6O2. The first kappa shape index (κ1) is 20.4. The molecule has 1 aliphatic heterocycles. The first-order valence-electron chi connectivity index (χ1n) is 10.2. The molecule has 1 aliphatic carbocycles. The van der Waals surface area contributed by atoms with Gasteiger partial charge in [-0.25, -0.2) is 9.78 Å². The molecule has 2 fully saturated rings. The van der Waals surface area contributed by atoms with Crippen LogP contribution in [0.3, 0.4) is 0 Å².